The molecule has 3 heteroatoms. The Morgan fingerprint density at radius 3 is 2.60 bits per heavy atom. The minimum Gasteiger partial charge on any atom is -0.365 e. The lowest BCUT2D eigenvalue weighted by atomic mass is 9.44. The summed E-state index contributed by atoms with van der Waals surface area (Å²) in [5, 5.41) is 11.4. The summed E-state index contributed by atoms with van der Waals surface area (Å²) in [4.78, 5) is 12.1. The molecule has 1 heterocycles. The van der Waals surface area contributed by atoms with Crippen LogP contribution in [0.2, 0.25) is 0 Å². The molecule has 0 amide bonds. The lowest BCUT2D eigenvalue weighted by Crippen LogP contribution is -2.54. The smallest absolute Gasteiger partial charge is 0.168 e. The van der Waals surface area contributed by atoms with Crippen LogP contribution in [-0.2, 0) is 9.53 Å². The number of carbonyl (C=O) groups is 1. The van der Waals surface area contributed by atoms with Crippen molar-refractivity contribution in [3.63, 3.8) is 0 Å². The van der Waals surface area contributed by atoms with Crippen LogP contribution >= 0.6 is 0 Å². The highest BCUT2D eigenvalue weighted by Gasteiger charge is 2.68. The van der Waals surface area contributed by atoms with Crippen molar-refractivity contribution in [1.29, 1.82) is 0 Å². The zero-order valence-electron chi connectivity index (χ0n) is 20.0. The zero-order valence-corrected chi connectivity index (χ0v) is 20.0. The summed E-state index contributed by atoms with van der Waals surface area (Å²) in [6.45, 7) is 11.8. The van der Waals surface area contributed by atoms with E-state index in [1.807, 2.05) is 0 Å². The Bertz CT molecular complexity index is 702. The summed E-state index contributed by atoms with van der Waals surface area (Å²) < 4.78 is 6.53. The van der Waals surface area contributed by atoms with Crippen molar-refractivity contribution in [2.24, 2.45) is 52.3 Å². The van der Waals surface area contributed by atoms with Gasteiger partial charge < -0.3 is 9.84 Å². The van der Waals surface area contributed by atoms with Gasteiger partial charge in [-0.15, -0.1) is 0 Å². The topological polar surface area (TPSA) is 46.5 Å². The number of ether oxygens (including phenoxy) is 1. The van der Waals surface area contributed by atoms with Crippen molar-refractivity contribution in [3.05, 3.63) is 0 Å². The standard InChI is InChI=1S/C27H44O3/c1-16(2)8-13-27(29)17(3)24-23(30-27)15-22-20-7-6-18-14-19(28)9-11-25(18,4)21(20)10-12-26(22,24)5/h16-18,20-24,29H,6-15H2,1-5H3/t17?,18?,20?,21?,22?,23-,24-,25+,26+,27?/m1/s1. The maximum Gasteiger partial charge on any atom is 0.168 e. The lowest BCUT2D eigenvalue weighted by Gasteiger charge is -2.60. The fraction of sp³-hybridized carbons (Fsp3) is 0.963. The summed E-state index contributed by atoms with van der Waals surface area (Å²) in [5.74, 6) is 3.86. The first-order valence-electron chi connectivity index (χ1n) is 13.0. The molecule has 30 heavy (non-hydrogen) atoms. The Morgan fingerprint density at radius 2 is 1.87 bits per heavy atom. The summed E-state index contributed by atoms with van der Waals surface area (Å²) in [6.07, 6.45) is 11.1. The average molecular weight is 417 g/mol. The van der Waals surface area contributed by atoms with Crippen molar-refractivity contribution < 1.29 is 14.6 Å². The normalized spacial score (nSPS) is 55.2. The minimum absolute atomic E-state index is 0.229. The number of carbonyl (C=O) groups excluding carboxylic acids is 1. The van der Waals surface area contributed by atoms with Gasteiger partial charge in [0.05, 0.1) is 6.10 Å². The lowest BCUT2D eigenvalue weighted by molar-refractivity contribution is -0.221. The van der Waals surface area contributed by atoms with E-state index in [-0.39, 0.29) is 12.0 Å². The second-order valence-corrected chi connectivity index (χ2v) is 12.9. The molecule has 1 aliphatic heterocycles. The summed E-state index contributed by atoms with van der Waals surface area (Å²) in [7, 11) is 0. The second-order valence-electron chi connectivity index (χ2n) is 12.9. The number of fused-ring (bicyclic) bond motifs is 7. The van der Waals surface area contributed by atoms with Crippen molar-refractivity contribution in [1.82, 2.24) is 0 Å². The van der Waals surface area contributed by atoms with E-state index in [0.717, 1.165) is 56.3 Å². The van der Waals surface area contributed by atoms with E-state index in [9.17, 15) is 9.90 Å². The van der Waals surface area contributed by atoms with E-state index in [0.29, 0.717) is 34.4 Å². The van der Waals surface area contributed by atoms with Crippen molar-refractivity contribution in [2.75, 3.05) is 0 Å². The van der Waals surface area contributed by atoms with Gasteiger partial charge in [-0.3, -0.25) is 4.79 Å². The van der Waals surface area contributed by atoms with Crippen molar-refractivity contribution in [3.8, 4) is 0 Å². The SMILES string of the molecule is CC(C)CCC1(O)O[C@@H]2CC3C4CCC5CC(=O)CC[C@]5(C)C4CC[C@]3(C)[C@@H]2C1C. The van der Waals surface area contributed by atoms with Gasteiger partial charge in [0.15, 0.2) is 5.79 Å². The Hall–Kier alpha value is -0.410. The molecule has 6 unspecified atom stereocenters. The molecule has 0 bridgehead atoms. The Kier molecular flexibility index (Phi) is 5.03. The maximum atomic E-state index is 12.1. The van der Waals surface area contributed by atoms with E-state index in [2.05, 4.69) is 34.6 Å². The van der Waals surface area contributed by atoms with Gasteiger partial charge in [0.1, 0.15) is 5.78 Å². The summed E-state index contributed by atoms with van der Waals surface area (Å²) >= 11 is 0. The van der Waals surface area contributed by atoms with Gasteiger partial charge in [0, 0.05) is 25.2 Å². The third-order valence-corrected chi connectivity index (χ3v) is 11.3. The van der Waals surface area contributed by atoms with Crippen LogP contribution in [0.5, 0.6) is 0 Å². The van der Waals surface area contributed by atoms with Crippen LogP contribution in [-0.4, -0.2) is 22.8 Å². The van der Waals surface area contributed by atoms with Gasteiger partial charge in [0.2, 0.25) is 0 Å². The molecular weight excluding hydrogens is 372 g/mol. The number of hydrogen-bond acceptors (Lipinski definition) is 3. The van der Waals surface area contributed by atoms with Gasteiger partial charge in [-0.25, -0.2) is 0 Å². The molecule has 3 nitrogen and oxygen atoms in total. The Morgan fingerprint density at radius 1 is 1.10 bits per heavy atom. The number of rotatable bonds is 3. The third-order valence-electron chi connectivity index (χ3n) is 11.3. The van der Waals surface area contributed by atoms with E-state index >= 15 is 0 Å². The quantitative estimate of drug-likeness (QED) is 0.615. The van der Waals surface area contributed by atoms with Crippen LogP contribution in [0, 0.1) is 52.3 Å². The average Bonchev–Trinajstić information content (AvgIpc) is 3.11. The zero-order chi connectivity index (χ0) is 21.5. The van der Waals surface area contributed by atoms with Crippen LogP contribution in [0.15, 0.2) is 0 Å². The first-order valence-corrected chi connectivity index (χ1v) is 13.0. The van der Waals surface area contributed by atoms with Gasteiger partial charge in [-0.1, -0.05) is 34.6 Å². The molecule has 0 aromatic rings. The predicted octanol–water partition coefficient (Wildman–Crippen LogP) is 5.98. The fourth-order valence-corrected chi connectivity index (χ4v) is 9.52. The molecule has 10 atom stereocenters. The number of hydrogen-bond donors (Lipinski definition) is 1. The molecule has 4 aliphatic carbocycles. The predicted molar refractivity (Wildman–Crippen MR) is 119 cm³/mol. The molecule has 5 aliphatic rings. The molecule has 0 aromatic carbocycles. The maximum absolute atomic E-state index is 12.1. The molecule has 5 rings (SSSR count). The number of aliphatic hydroxyl groups is 1. The van der Waals surface area contributed by atoms with Crippen LogP contribution in [0.25, 0.3) is 0 Å². The highest BCUT2D eigenvalue weighted by Crippen LogP contribution is 2.70. The monoisotopic (exact) mass is 416 g/mol. The van der Waals surface area contributed by atoms with E-state index in [4.69, 9.17) is 4.74 Å². The molecule has 1 saturated heterocycles. The van der Waals surface area contributed by atoms with Crippen LogP contribution in [0.1, 0.15) is 98.8 Å². The van der Waals surface area contributed by atoms with E-state index in [1.165, 1.54) is 25.7 Å². The molecule has 0 spiro atoms. The van der Waals surface area contributed by atoms with Crippen molar-refractivity contribution in [2.45, 2.75) is 111 Å². The van der Waals surface area contributed by atoms with Crippen LogP contribution in [0.4, 0.5) is 0 Å². The molecular formula is C27H44O3. The van der Waals surface area contributed by atoms with Gasteiger partial charge >= 0.3 is 0 Å². The number of ketones is 1. The third kappa shape index (κ3) is 2.93. The number of Topliss-reactive ketones (excluding diaryl/α,β-unsaturated/α-hetero) is 1. The Labute approximate surface area is 183 Å². The molecule has 170 valence electrons. The molecule has 0 radical (unpaired) electrons. The minimum atomic E-state index is -0.919. The van der Waals surface area contributed by atoms with Crippen molar-refractivity contribution >= 4 is 5.78 Å². The van der Waals surface area contributed by atoms with E-state index < -0.39 is 5.79 Å². The fourth-order valence-electron chi connectivity index (χ4n) is 9.52. The highest BCUT2D eigenvalue weighted by molar-refractivity contribution is 5.79. The molecule has 4 saturated carbocycles. The summed E-state index contributed by atoms with van der Waals surface area (Å²) in [6, 6.07) is 0. The van der Waals surface area contributed by atoms with Crippen LogP contribution in [0.3, 0.4) is 0 Å². The first kappa shape index (κ1) is 21.4. The summed E-state index contributed by atoms with van der Waals surface area (Å²) in [5.41, 5.74) is 0.682. The van der Waals surface area contributed by atoms with Crippen LogP contribution < -0.4 is 0 Å². The highest BCUT2D eigenvalue weighted by atomic mass is 16.6. The Balaban J connectivity index is 1.38. The van der Waals surface area contributed by atoms with Gasteiger partial charge in [-0.05, 0) is 91.3 Å². The first-order chi connectivity index (χ1) is 14.1. The van der Waals surface area contributed by atoms with Gasteiger partial charge in [0.25, 0.3) is 0 Å². The van der Waals surface area contributed by atoms with Gasteiger partial charge in [-0.2, -0.15) is 0 Å². The second kappa shape index (κ2) is 7.04. The molecule has 1 N–H and O–H groups in total. The van der Waals surface area contributed by atoms with E-state index in [1.54, 1.807) is 0 Å². The molecule has 5 fully saturated rings. The molecule has 0 aromatic heterocycles. The largest absolute Gasteiger partial charge is 0.365 e.